The second kappa shape index (κ2) is 11.7. The molecule has 0 aromatic heterocycles. The molecule has 0 bridgehead atoms. The molecule has 1 atom stereocenters. The number of imide groups is 1. The monoisotopic (exact) mass is 738 g/mol. The number of hydrogen-bond acceptors (Lipinski definition) is 10. The number of anilines is 1. The Morgan fingerprint density at radius 2 is 1.57 bits per heavy atom. The minimum Gasteiger partial charge on any atom is -0.453 e. The highest BCUT2D eigenvalue weighted by Crippen LogP contribution is 2.52. The molecule has 13 nitrogen and oxygen atoms in total. The number of carbonyl (C=O) groups is 3. The molecule has 3 N–H and O–H groups in total. The summed E-state index contributed by atoms with van der Waals surface area (Å²) < 4.78 is 80.3. The van der Waals surface area contributed by atoms with Crippen molar-refractivity contribution in [1.29, 1.82) is 0 Å². The van der Waals surface area contributed by atoms with Gasteiger partial charge in [0.1, 0.15) is 4.90 Å². The maximum atomic E-state index is 13.2. The van der Waals surface area contributed by atoms with E-state index in [4.69, 9.17) is 9.57 Å². The van der Waals surface area contributed by atoms with Gasteiger partial charge < -0.3 is 14.9 Å². The summed E-state index contributed by atoms with van der Waals surface area (Å²) in [6, 6.07) is 8.86. The Kier molecular flexibility index (Phi) is 8.33. The van der Waals surface area contributed by atoms with Gasteiger partial charge in [0.05, 0.1) is 11.3 Å². The molecule has 6 rings (SSSR count). The smallest absolute Gasteiger partial charge is 0.363 e. The number of hydrogen-bond donors (Lipinski definition) is 3. The van der Waals surface area contributed by atoms with Crippen molar-refractivity contribution in [1.82, 2.24) is 5.06 Å². The fraction of sp³-hybridized carbons (Fsp3) is 0.361. The van der Waals surface area contributed by atoms with E-state index in [2.05, 4.69) is 11.9 Å². The third-order valence-corrected chi connectivity index (χ3v) is 12.6. The molecule has 3 aliphatic heterocycles. The molecule has 1 unspecified atom stereocenters. The minimum absolute atomic E-state index is 0.0283. The largest absolute Gasteiger partial charge is 0.453 e. The highest BCUT2D eigenvalue weighted by molar-refractivity contribution is 7.86. The van der Waals surface area contributed by atoms with Crippen LogP contribution in [0.3, 0.4) is 0 Å². The first-order valence-electron chi connectivity index (χ1n) is 16.2. The Hall–Kier alpha value is -4.57. The van der Waals surface area contributed by atoms with Crippen LogP contribution in [0.15, 0.2) is 46.2 Å². The second-order valence-corrected chi connectivity index (χ2v) is 17.3. The molecule has 0 saturated carbocycles. The minimum atomic E-state index is -5.07. The van der Waals surface area contributed by atoms with E-state index in [0.29, 0.717) is 21.8 Å². The lowest BCUT2D eigenvalue weighted by atomic mass is 9.74. The third-order valence-electron chi connectivity index (χ3n) is 10.7. The van der Waals surface area contributed by atoms with Crippen LogP contribution >= 0.6 is 0 Å². The van der Waals surface area contributed by atoms with Crippen LogP contribution in [-0.4, -0.2) is 54.8 Å². The molecule has 0 aliphatic carbocycles. The van der Waals surface area contributed by atoms with E-state index >= 15 is 0 Å². The Bertz CT molecular complexity index is 2400. The fourth-order valence-corrected chi connectivity index (χ4v) is 8.32. The van der Waals surface area contributed by atoms with Gasteiger partial charge in [-0.15, -0.1) is 5.06 Å². The average molecular weight is 739 g/mol. The number of amides is 2. The first-order chi connectivity index (χ1) is 23.5. The lowest BCUT2D eigenvalue weighted by Gasteiger charge is -2.33. The van der Waals surface area contributed by atoms with Gasteiger partial charge >= 0.3 is 5.97 Å². The van der Waals surface area contributed by atoms with Gasteiger partial charge in [-0.2, -0.15) is 16.8 Å². The summed E-state index contributed by atoms with van der Waals surface area (Å²) in [5, 5.41) is 3.68. The Labute approximate surface area is 295 Å². The molecule has 3 aliphatic rings. The van der Waals surface area contributed by atoms with Gasteiger partial charge in [-0.05, 0) is 64.4 Å². The number of hydroxylamine groups is 2. The van der Waals surface area contributed by atoms with Crippen molar-refractivity contribution >= 4 is 55.9 Å². The Morgan fingerprint density at radius 3 is 2.10 bits per heavy atom. The van der Waals surface area contributed by atoms with Gasteiger partial charge in [0.2, 0.25) is 0 Å². The number of ether oxygens (including phenoxy) is 1. The summed E-state index contributed by atoms with van der Waals surface area (Å²) >= 11 is 0. The zero-order chi connectivity index (χ0) is 37.7. The van der Waals surface area contributed by atoms with E-state index < -0.39 is 64.4 Å². The number of benzene rings is 3. The summed E-state index contributed by atoms with van der Waals surface area (Å²) in [7, 11) is -10.1. The third kappa shape index (κ3) is 5.72. The molecule has 3 aromatic rings. The first-order valence-corrected chi connectivity index (χ1v) is 19.1. The molecular weight excluding hydrogens is 701 g/mol. The van der Waals surface area contributed by atoms with Crippen LogP contribution in [0.1, 0.15) is 93.9 Å². The fourth-order valence-electron chi connectivity index (χ4n) is 6.70. The second-order valence-electron chi connectivity index (χ2n) is 14.5. The van der Waals surface area contributed by atoms with Crippen LogP contribution in [0.4, 0.5) is 5.69 Å². The number of rotatable bonds is 7. The van der Waals surface area contributed by atoms with Gasteiger partial charge in [-0.1, -0.05) is 60.3 Å². The molecule has 2 amide bonds. The maximum Gasteiger partial charge on any atom is 0.363 e. The van der Waals surface area contributed by atoms with Crippen molar-refractivity contribution in [3.8, 4) is 11.5 Å². The first kappa shape index (κ1) is 36.2. The molecule has 1 fully saturated rings. The summed E-state index contributed by atoms with van der Waals surface area (Å²) in [6.07, 6.45) is -0.165. The molecule has 270 valence electrons. The Morgan fingerprint density at radius 1 is 1.00 bits per heavy atom. The average Bonchev–Trinajstić information content (AvgIpc) is 3.45. The standard InChI is InChI=1S/C36H38N2O11S2/c1-17(2)35(5,6)24-15-22-28(20-9-11-21(12-10-20)34(41)49-38-26(39)13-14-27(38)40)23-16-25-29(37-19(4)36(25,7)8)33(51(45,46)47)31(23)48-30(22)32(18(24)3)50(42,43)44/h9-12,15-17,19,37H,3,13-14H2,1-2,4-8H3,(H,42,43,44)(H,45,46,47). The molecule has 15 heteroatoms. The maximum absolute atomic E-state index is 13.2. The lowest BCUT2D eigenvalue weighted by molar-refractivity contribution is -0.172. The van der Waals surface area contributed by atoms with Crippen LogP contribution in [-0.2, 0) is 45.5 Å². The summed E-state index contributed by atoms with van der Waals surface area (Å²) in [5.74, 6) is -3.11. The Balaban J connectivity index is 1.73. The number of carbonyl (C=O) groups excluding carboxylic acids is 3. The van der Waals surface area contributed by atoms with Gasteiger partial charge in [0.15, 0.2) is 16.4 Å². The predicted octanol–water partition coefficient (Wildman–Crippen LogP) is 4.19. The zero-order valence-electron chi connectivity index (χ0n) is 29.1. The van der Waals surface area contributed by atoms with E-state index in [1.165, 1.54) is 24.3 Å². The molecule has 1 saturated heterocycles. The number of fused-ring (bicyclic) bond motifs is 3. The predicted molar refractivity (Wildman–Crippen MR) is 186 cm³/mol. The van der Waals surface area contributed by atoms with Crippen molar-refractivity contribution in [3.63, 3.8) is 0 Å². The van der Waals surface area contributed by atoms with E-state index in [9.17, 15) is 40.3 Å². The SMILES string of the molecule is C=c1c(C(C)(C)C(C)C)cc2c(c1S(=O)(=O)O)Oc1c(cc3c(c1S(=O)(=O)O)NC(C)C3(C)C)C=2c1ccc(C(=O)ON2C(=O)CCC2=O)cc1. The number of nitrogens with one attached hydrogen (secondary N) is 1. The van der Waals surface area contributed by atoms with Crippen molar-refractivity contribution in [2.45, 2.75) is 88.0 Å². The van der Waals surface area contributed by atoms with Crippen LogP contribution in [0.5, 0.6) is 11.5 Å². The molecule has 3 heterocycles. The normalized spacial score (nSPS) is 18.3. The van der Waals surface area contributed by atoms with Gasteiger partial charge in [0.25, 0.3) is 32.1 Å². The van der Waals surface area contributed by atoms with Gasteiger partial charge in [-0.3, -0.25) is 18.7 Å². The molecular formula is C36H38N2O11S2. The van der Waals surface area contributed by atoms with E-state index in [1.807, 2.05) is 48.5 Å². The molecule has 3 aromatic carbocycles. The zero-order valence-corrected chi connectivity index (χ0v) is 30.7. The highest BCUT2D eigenvalue weighted by atomic mass is 32.2. The summed E-state index contributed by atoms with van der Waals surface area (Å²) in [4.78, 5) is 40.8. The van der Waals surface area contributed by atoms with Crippen LogP contribution < -0.4 is 20.5 Å². The van der Waals surface area contributed by atoms with Crippen molar-refractivity contribution in [2.75, 3.05) is 5.32 Å². The van der Waals surface area contributed by atoms with Gasteiger partial charge in [0, 0.05) is 40.7 Å². The molecule has 0 spiro atoms. The van der Waals surface area contributed by atoms with Crippen molar-refractivity contribution in [3.05, 3.63) is 74.7 Å². The lowest BCUT2D eigenvalue weighted by Crippen LogP contribution is -2.37. The van der Waals surface area contributed by atoms with Crippen molar-refractivity contribution < 1.29 is 49.9 Å². The number of nitrogens with zero attached hydrogens (tertiary/aromatic N) is 1. The van der Waals surface area contributed by atoms with Crippen LogP contribution in [0.25, 0.3) is 12.2 Å². The van der Waals surface area contributed by atoms with E-state index in [-0.39, 0.29) is 63.4 Å². The van der Waals surface area contributed by atoms with E-state index in [1.54, 1.807) is 12.1 Å². The highest BCUT2D eigenvalue weighted by Gasteiger charge is 2.44. The topological polar surface area (TPSA) is 194 Å². The van der Waals surface area contributed by atoms with Crippen molar-refractivity contribution in [2.24, 2.45) is 5.92 Å². The van der Waals surface area contributed by atoms with E-state index in [0.717, 1.165) is 0 Å². The van der Waals surface area contributed by atoms with Crippen LogP contribution in [0, 0.1) is 5.92 Å². The quantitative estimate of drug-likeness (QED) is 0.181. The summed E-state index contributed by atoms with van der Waals surface area (Å²) in [5.41, 5.74) is 0.523. The molecule has 0 radical (unpaired) electrons. The van der Waals surface area contributed by atoms with Gasteiger partial charge in [-0.25, -0.2) is 4.79 Å². The summed E-state index contributed by atoms with van der Waals surface area (Å²) in [6.45, 7) is 17.4. The molecule has 51 heavy (non-hydrogen) atoms. The van der Waals surface area contributed by atoms with Crippen LogP contribution in [0.2, 0.25) is 0 Å².